The second-order valence-electron chi connectivity index (χ2n) is 8.95. The molecule has 0 aliphatic carbocycles. The van der Waals surface area contributed by atoms with Gasteiger partial charge in [0.25, 0.3) is 0 Å². The van der Waals surface area contributed by atoms with Crippen molar-refractivity contribution in [1.29, 1.82) is 0 Å². The van der Waals surface area contributed by atoms with Crippen molar-refractivity contribution < 1.29 is 19.1 Å². The lowest BCUT2D eigenvalue weighted by Crippen LogP contribution is -2.30. The van der Waals surface area contributed by atoms with Crippen molar-refractivity contribution in [3.63, 3.8) is 0 Å². The van der Waals surface area contributed by atoms with Crippen LogP contribution in [0.5, 0.6) is 0 Å². The van der Waals surface area contributed by atoms with Gasteiger partial charge in [-0.15, -0.1) is 0 Å². The Morgan fingerprint density at radius 3 is 2.60 bits per heavy atom. The number of methoxy groups -OCH3 is 2. The number of aromatic nitrogens is 2. The van der Waals surface area contributed by atoms with Crippen LogP contribution in [0.25, 0.3) is 5.69 Å². The summed E-state index contributed by atoms with van der Waals surface area (Å²) < 4.78 is 11.9. The Morgan fingerprint density at radius 2 is 1.88 bits per heavy atom. The first-order valence-electron chi connectivity index (χ1n) is 12.4. The van der Waals surface area contributed by atoms with Crippen molar-refractivity contribution in [3.8, 4) is 5.69 Å². The Bertz CT molecular complexity index is 1560. The summed E-state index contributed by atoms with van der Waals surface area (Å²) >= 11 is 12.5. The number of ether oxygens (including phenoxy) is 2. The van der Waals surface area contributed by atoms with Crippen LogP contribution in [0.1, 0.15) is 33.8 Å². The maximum atomic E-state index is 12.6. The number of nitrogens with one attached hydrogen (secondary N) is 2. The average Bonchev–Trinajstić information content (AvgIpc) is 3.58. The molecule has 2 aromatic heterocycles. The van der Waals surface area contributed by atoms with Gasteiger partial charge in [-0.3, -0.25) is 9.78 Å². The molecule has 1 saturated heterocycles. The van der Waals surface area contributed by atoms with Crippen molar-refractivity contribution in [2.45, 2.75) is 12.1 Å². The van der Waals surface area contributed by atoms with E-state index in [1.165, 1.54) is 14.2 Å². The number of carbonyl (C=O) groups is 2. The topological polar surface area (TPSA) is 97.7 Å². The summed E-state index contributed by atoms with van der Waals surface area (Å²) in [4.78, 5) is 31.3. The second-order valence-corrected chi connectivity index (χ2v) is 9.75. The molecule has 5 rings (SSSR count). The number of thiocarbonyl (C=S) groups is 1. The number of anilines is 2. The normalized spacial score (nSPS) is 16.5. The lowest BCUT2D eigenvalue weighted by molar-refractivity contribution is -0.119. The zero-order chi connectivity index (χ0) is 28.2. The van der Waals surface area contributed by atoms with Crippen LogP contribution in [-0.4, -0.2) is 47.4 Å². The predicted octanol–water partition coefficient (Wildman–Crippen LogP) is 5.07. The van der Waals surface area contributed by atoms with Crippen LogP contribution in [0.4, 0.5) is 11.4 Å². The summed E-state index contributed by atoms with van der Waals surface area (Å²) in [6.07, 6.45) is 3.63. The minimum atomic E-state index is -0.439. The number of nitrogens with zero attached hydrogens (tertiary/aromatic N) is 3. The van der Waals surface area contributed by atoms with E-state index in [9.17, 15) is 9.59 Å². The van der Waals surface area contributed by atoms with Gasteiger partial charge in [0.1, 0.15) is 12.6 Å². The Kier molecular flexibility index (Phi) is 8.11. The molecule has 0 unspecified atom stereocenters. The Hall–Kier alpha value is -4.25. The van der Waals surface area contributed by atoms with E-state index in [1.807, 2.05) is 64.2 Å². The number of para-hydroxylation sites is 1. The predicted molar refractivity (Wildman–Crippen MR) is 157 cm³/mol. The monoisotopic (exact) mass is 575 g/mol. The number of benzene rings is 2. The summed E-state index contributed by atoms with van der Waals surface area (Å²) in [5, 5.41) is 6.99. The Labute approximate surface area is 241 Å². The van der Waals surface area contributed by atoms with E-state index in [4.69, 9.17) is 33.3 Å². The maximum Gasteiger partial charge on any atom is 0.339 e. The fourth-order valence-electron chi connectivity index (χ4n) is 4.83. The molecule has 0 spiro atoms. The molecule has 2 aromatic carbocycles. The highest BCUT2D eigenvalue weighted by atomic mass is 35.5. The molecule has 1 amide bonds. The zero-order valence-corrected chi connectivity index (χ0v) is 23.3. The molecule has 2 atom stereocenters. The summed E-state index contributed by atoms with van der Waals surface area (Å²) in [5.74, 6) is -0.753. The Balaban J connectivity index is 1.62. The summed E-state index contributed by atoms with van der Waals surface area (Å²) in [7, 11) is 2.81. The van der Waals surface area contributed by atoms with Crippen molar-refractivity contribution in [1.82, 2.24) is 14.9 Å². The lowest BCUT2D eigenvalue weighted by Gasteiger charge is -2.29. The number of esters is 1. The number of hydrogen-bond acceptors (Lipinski definition) is 6. The van der Waals surface area contributed by atoms with Gasteiger partial charge in [0.15, 0.2) is 5.11 Å². The smallest absolute Gasteiger partial charge is 0.339 e. The molecule has 1 aliphatic rings. The van der Waals surface area contributed by atoms with Crippen molar-refractivity contribution >= 4 is 52.2 Å². The standard InChI is InChI=1S/C29H26ClN5O4S/c1-38-17-25(36)32-21-13-12-18(16-20(21)30)35-27(26(33-29(35)40)22-9-5-6-14-31-22)24-11-7-15-34(24)23-10-4-3-8-19(23)28(37)39-2/h3-16,26-27H,17H2,1-2H3,(H,32,36)(H,33,40)/t26-,27-/m0/s1. The van der Waals surface area contributed by atoms with E-state index in [-0.39, 0.29) is 24.6 Å². The van der Waals surface area contributed by atoms with Gasteiger partial charge in [0.05, 0.1) is 40.8 Å². The highest BCUT2D eigenvalue weighted by molar-refractivity contribution is 7.80. The second kappa shape index (κ2) is 11.9. The fourth-order valence-corrected chi connectivity index (χ4v) is 5.39. The van der Waals surface area contributed by atoms with Crippen molar-refractivity contribution in [3.05, 3.63) is 107 Å². The van der Waals surface area contributed by atoms with Crippen LogP contribution in [0.2, 0.25) is 5.02 Å². The molecule has 1 fully saturated rings. The average molecular weight is 576 g/mol. The third-order valence-corrected chi connectivity index (χ3v) is 7.16. The van der Waals surface area contributed by atoms with Gasteiger partial charge in [0.2, 0.25) is 5.91 Å². The summed E-state index contributed by atoms with van der Waals surface area (Å²) in [6.45, 7) is -0.0872. The van der Waals surface area contributed by atoms with Crippen LogP contribution in [0.3, 0.4) is 0 Å². The summed E-state index contributed by atoms with van der Waals surface area (Å²) in [5.41, 5.74) is 3.91. The fraction of sp³-hybridized carbons (Fsp3) is 0.172. The van der Waals surface area contributed by atoms with Gasteiger partial charge < -0.3 is 29.6 Å². The van der Waals surface area contributed by atoms with Crippen molar-refractivity contribution in [2.24, 2.45) is 0 Å². The van der Waals surface area contributed by atoms with E-state index in [1.54, 1.807) is 30.5 Å². The first-order valence-corrected chi connectivity index (χ1v) is 13.2. The first kappa shape index (κ1) is 27.3. The van der Waals surface area contributed by atoms with E-state index in [0.717, 1.165) is 11.4 Å². The molecule has 0 bridgehead atoms. The number of hydrogen-bond donors (Lipinski definition) is 2. The van der Waals surface area contributed by atoms with Gasteiger partial charge in [-0.05, 0) is 66.8 Å². The molecule has 0 radical (unpaired) electrons. The molecule has 4 aromatic rings. The summed E-state index contributed by atoms with van der Waals surface area (Å²) in [6, 6.07) is 21.5. The van der Waals surface area contributed by atoms with Gasteiger partial charge in [-0.25, -0.2) is 4.79 Å². The first-order chi connectivity index (χ1) is 19.4. The van der Waals surface area contributed by atoms with Gasteiger partial charge in [-0.1, -0.05) is 29.8 Å². The van der Waals surface area contributed by atoms with Crippen LogP contribution in [0.15, 0.2) is 85.2 Å². The maximum absolute atomic E-state index is 12.6. The molecular formula is C29H26ClN5O4S. The van der Waals surface area contributed by atoms with Crippen LogP contribution >= 0.6 is 23.8 Å². The van der Waals surface area contributed by atoms with Crippen LogP contribution in [0, 0.1) is 0 Å². The molecule has 204 valence electrons. The quantitative estimate of drug-likeness (QED) is 0.222. The number of pyridine rings is 1. The van der Waals surface area contributed by atoms with Crippen LogP contribution in [-0.2, 0) is 14.3 Å². The van der Waals surface area contributed by atoms with E-state index in [0.29, 0.717) is 32.8 Å². The largest absolute Gasteiger partial charge is 0.465 e. The molecule has 40 heavy (non-hydrogen) atoms. The highest BCUT2D eigenvalue weighted by Crippen LogP contribution is 2.43. The number of amides is 1. The number of halogens is 1. The van der Waals surface area contributed by atoms with E-state index in [2.05, 4.69) is 15.6 Å². The molecular weight excluding hydrogens is 550 g/mol. The Morgan fingerprint density at radius 1 is 1.07 bits per heavy atom. The minimum absolute atomic E-state index is 0.0872. The van der Waals surface area contributed by atoms with Gasteiger partial charge in [0, 0.05) is 30.9 Å². The van der Waals surface area contributed by atoms with Gasteiger partial charge >= 0.3 is 5.97 Å². The molecule has 3 heterocycles. The van der Waals surface area contributed by atoms with Gasteiger partial charge in [-0.2, -0.15) is 0 Å². The SMILES string of the molecule is COCC(=O)Nc1ccc(N2C(=S)N[C@@H](c3ccccn3)[C@@H]2c2cccn2-c2ccccc2C(=O)OC)cc1Cl. The van der Waals surface area contributed by atoms with E-state index >= 15 is 0 Å². The molecule has 0 saturated carbocycles. The molecule has 11 heteroatoms. The molecule has 9 nitrogen and oxygen atoms in total. The zero-order valence-electron chi connectivity index (χ0n) is 21.7. The number of carbonyl (C=O) groups excluding carboxylic acids is 2. The molecule has 2 N–H and O–H groups in total. The highest BCUT2D eigenvalue weighted by Gasteiger charge is 2.42. The van der Waals surface area contributed by atoms with Crippen LogP contribution < -0.4 is 15.5 Å². The third-order valence-electron chi connectivity index (χ3n) is 6.53. The van der Waals surface area contributed by atoms with E-state index < -0.39 is 5.97 Å². The minimum Gasteiger partial charge on any atom is -0.465 e. The lowest BCUT2D eigenvalue weighted by atomic mass is 10.0. The molecule has 1 aliphatic heterocycles. The number of rotatable bonds is 8. The third kappa shape index (κ3) is 5.29. The van der Waals surface area contributed by atoms with Crippen molar-refractivity contribution in [2.75, 3.05) is 31.0 Å².